The summed E-state index contributed by atoms with van der Waals surface area (Å²) in [5, 5.41) is 2.33. The average Bonchev–Trinajstić information content (AvgIpc) is 3.07. The average molecular weight is 395 g/mol. The Hall–Kier alpha value is -3.30. The minimum Gasteiger partial charge on any atom is -0.478 e. The number of hydrogen-bond acceptors (Lipinski definition) is 5. The Labute approximate surface area is 158 Å². The molecule has 0 atom stereocenters. The van der Waals surface area contributed by atoms with E-state index < -0.39 is 23.7 Å². The molecule has 0 spiro atoms. The lowest BCUT2D eigenvalue weighted by Gasteiger charge is -2.14. The van der Waals surface area contributed by atoms with E-state index in [1.54, 1.807) is 19.1 Å². The molecular formula is C18H16F3N3O4. The van der Waals surface area contributed by atoms with Crippen molar-refractivity contribution in [3.8, 4) is 5.88 Å². The molecule has 2 aromatic rings. The molecule has 0 bridgehead atoms. The van der Waals surface area contributed by atoms with Gasteiger partial charge in [0.25, 0.3) is 5.91 Å². The zero-order valence-electron chi connectivity index (χ0n) is 14.7. The van der Waals surface area contributed by atoms with Gasteiger partial charge in [0.15, 0.2) is 0 Å². The van der Waals surface area contributed by atoms with Crippen LogP contribution in [0.2, 0.25) is 0 Å². The van der Waals surface area contributed by atoms with Crippen LogP contribution < -0.4 is 15.0 Å². The molecule has 0 unspecified atom stereocenters. The fourth-order valence-corrected chi connectivity index (χ4v) is 2.59. The summed E-state index contributed by atoms with van der Waals surface area (Å²) in [5.41, 5.74) is -0.397. The number of hydrogen-bond donors (Lipinski definition) is 1. The van der Waals surface area contributed by atoms with E-state index in [4.69, 9.17) is 9.47 Å². The number of rotatable bonds is 5. The van der Waals surface area contributed by atoms with Gasteiger partial charge in [0.05, 0.1) is 18.7 Å². The number of anilines is 2. The van der Waals surface area contributed by atoms with Crippen LogP contribution in [0.15, 0.2) is 36.4 Å². The number of pyridine rings is 1. The number of halogens is 3. The Balaban J connectivity index is 1.84. The molecule has 2 amide bonds. The first-order chi connectivity index (χ1) is 13.3. The third-order valence-electron chi connectivity index (χ3n) is 3.84. The van der Waals surface area contributed by atoms with Gasteiger partial charge in [-0.3, -0.25) is 9.69 Å². The van der Waals surface area contributed by atoms with Gasteiger partial charge >= 0.3 is 12.3 Å². The van der Waals surface area contributed by atoms with Crippen molar-refractivity contribution >= 4 is 23.5 Å². The first-order valence-electron chi connectivity index (χ1n) is 8.35. The summed E-state index contributed by atoms with van der Waals surface area (Å²) in [5.74, 6) is -1.22. The van der Waals surface area contributed by atoms with Gasteiger partial charge in [0.2, 0.25) is 5.88 Å². The van der Waals surface area contributed by atoms with Crippen molar-refractivity contribution in [3.05, 3.63) is 47.5 Å². The molecule has 1 aliphatic heterocycles. The summed E-state index contributed by atoms with van der Waals surface area (Å²) in [6.45, 7) is 2.31. The maximum absolute atomic E-state index is 13.1. The van der Waals surface area contributed by atoms with Gasteiger partial charge in [-0.2, -0.15) is 18.2 Å². The molecule has 148 valence electrons. The van der Waals surface area contributed by atoms with Crippen molar-refractivity contribution < 1.29 is 32.2 Å². The van der Waals surface area contributed by atoms with Crippen LogP contribution in [0.4, 0.5) is 29.5 Å². The van der Waals surface area contributed by atoms with Crippen LogP contribution in [0.1, 0.15) is 22.8 Å². The van der Waals surface area contributed by atoms with E-state index in [9.17, 15) is 22.8 Å². The second kappa shape index (κ2) is 7.75. The normalized spacial score (nSPS) is 14.0. The highest BCUT2D eigenvalue weighted by atomic mass is 19.4. The number of amides is 2. The van der Waals surface area contributed by atoms with Crippen LogP contribution in [0, 0.1) is 0 Å². The lowest BCUT2D eigenvalue weighted by molar-refractivity contribution is -0.137. The minimum atomic E-state index is -4.62. The molecule has 1 saturated heterocycles. The quantitative estimate of drug-likeness (QED) is 0.835. The van der Waals surface area contributed by atoms with E-state index in [-0.39, 0.29) is 30.5 Å². The van der Waals surface area contributed by atoms with E-state index in [1.165, 1.54) is 17.0 Å². The molecule has 3 rings (SSSR count). The van der Waals surface area contributed by atoms with Crippen LogP contribution >= 0.6 is 0 Å². The van der Waals surface area contributed by atoms with E-state index in [1.807, 2.05) is 0 Å². The Bertz CT molecular complexity index is 902. The number of aromatic nitrogens is 1. The Morgan fingerprint density at radius 3 is 2.75 bits per heavy atom. The fourth-order valence-electron chi connectivity index (χ4n) is 2.59. The van der Waals surface area contributed by atoms with E-state index in [2.05, 4.69) is 10.3 Å². The van der Waals surface area contributed by atoms with E-state index in [0.29, 0.717) is 12.2 Å². The fraction of sp³-hybridized carbons (Fsp3) is 0.278. The van der Waals surface area contributed by atoms with Gasteiger partial charge in [-0.15, -0.1) is 0 Å². The standard InChI is InChI=1S/C18H16F3N3O4/c1-2-27-15-10-12(18(19,20)21)9-14(22-15)23-16(25)11-4-3-5-13(8-11)24-6-7-28-17(24)26/h3-5,8-10H,2,6-7H2,1H3,(H,22,23,25). The van der Waals surface area contributed by atoms with Crippen molar-refractivity contribution in [1.82, 2.24) is 4.98 Å². The molecule has 0 radical (unpaired) electrons. The summed E-state index contributed by atoms with van der Waals surface area (Å²) in [6, 6.07) is 7.58. The van der Waals surface area contributed by atoms with Crippen molar-refractivity contribution in [1.29, 1.82) is 0 Å². The Morgan fingerprint density at radius 1 is 1.32 bits per heavy atom. The molecule has 1 fully saturated rings. The van der Waals surface area contributed by atoms with Crippen LogP contribution in [0.3, 0.4) is 0 Å². The summed E-state index contributed by atoms with van der Waals surface area (Å²) >= 11 is 0. The van der Waals surface area contributed by atoms with Gasteiger partial charge in [0.1, 0.15) is 12.4 Å². The highest BCUT2D eigenvalue weighted by Crippen LogP contribution is 2.32. The number of benzene rings is 1. The second-order valence-corrected chi connectivity index (χ2v) is 5.78. The van der Waals surface area contributed by atoms with Crippen LogP contribution in [-0.4, -0.2) is 36.7 Å². The first kappa shape index (κ1) is 19.5. The van der Waals surface area contributed by atoms with Crippen LogP contribution in [0.25, 0.3) is 0 Å². The number of carbonyl (C=O) groups is 2. The van der Waals surface area contributed by atoms with Gasteiger partial charge in [-0.1, -0.05) is 6.07 Å². The lowest BCUT2D eigenvalue weighted by atomic mass is 10.1. The zero-order chi connectivity index (χ0) is 20.3. The molecule has 2 heterocycles. The molecule has 7 nitrogen and oxygen atoms in total. The van der Waals surface area contributed by atoms with Crippen molar-refractivity contribution in [3.63, 3.8) is 0 Å². The smallest absolute Gasteiger partial charge is 0.416 e. The molecule has 1 aromatic carbocycles. The molecule has 1 aromatic heterocycles. The third kappa shape index (κ3) is 4.33. The van der Waals surface area contributed by atoms with Crippen LogP contribution in [-0.2, 0) is 10.9 Å². The van der Waals surface area contributed by atoms with Crippen molar-refractivity contribution in [2.24, 2.45) is 0 Å². The number of carbonyl (C=O) groups excluding carboxylic acids is 2. The molecule has 28 heavy (non-hydrogen) atoms. The van der Waals surface area contributed by atoms with Crippen molar-refractivity contribution in [2.45, 2.75) is 13.1 Å². The summed E-state index contributed by atoms with van der Waals surface area (Å²) in [4.78, 5) is 29.4. The topological polar surface area (TPSA) is 80.8 Å². The number of alkyl halides is 3. The zero-order valence-corrected chi connectivity index (χ0v) is 14.7. The Morgan fingerprint density at radius 2 is 2.11 bits per heavy atom. The van der Waals surface area contributed by atoms with E-state index in [0.717, 1.165) is 12.1 Å². The summed E-state index contributed by atoms with van der Waals surface area (Å²) < 4.78 is 49.1. The molecular weight excluding hydrogens is 379 g/mol. The molecule has 0 aliphatic carbocycles. The highest BCUT2D eigenvalue weighted by Gasteiger charge is 2.32. The SMILES string of the molecule is CCOc1cc(C(F)(F)F)cc(NC(=O)c2cccc(N3CCOC3=O)c2)n1. The van der Waals surface area contributed by atoms with Gasteiger partial charge in [-0.25, -0.2) is 4.79 Å². The maximum Gasteiger partial charge on any atom is 0.416 e. The van der Waals surface area contributed by atoms with Crippen molar-refractivity contribution in [2.75, 3.05) is 30.0 Å². The lowest BCUT2D eigenvalue weighted by Crippen LogP contribution is -2.24. The number of cyclic esters (lactones) is 1. The number of ether oxygens (including phenoxy) is 2. The largest absolute Gasteiger partial charge is 0.478 e. The minimum absolute atomic E-state index is 0.121. The summed E-state index contributed by atoms with van der Waals surface area (Å²) in [6.07, 6.45) is -5.15. The molecule has 10 heteroatoms. The molecule has 1 N–H and O–H groups in total. The van der Waals surface area contributed by atoms with Gasteiger partial charge in [-0.05, 0) is 31.2 Å². The number of nitrogens with zero attached hydrogens (tertiary/aromatic N) is 2. The predicted octanol–water partition coefficient (Wildman–Crippen LogP) is 3.71. The number of nitrogens with one attached hydrogen (secondary N) is 1. The predicted molar refractivity (Wildman–Crippen MR) is 93.5 cm³/mol. The monoisotopic (exact) mass is 395 g/mol. The molecule has 0 saturated carbocycles. The highest BCUT2D eigenvalue weighted by molar-refractivity contribution is 6.05. The first-order valence-corrected chi connectivity index (χ1v) is 8.35. The third-order valence-corrected chi connectivity index (χ3v) is 3.84. The Kier molecular flexibility index (Phi) is 5.39. The molecule has 1 aliphatic rings. The summed E-state index contributed by atoms with van der Waals surface area (Å²) in [7, 11) is 0. The second-order valence-electron chi connectivity index (χ2n) is 5.78. The maximum atomic E-state index is 13.1. The van der Waals surface area contributed by atoms with Gasteiger partial charge < -0.3 is 14.8 Å². The van der Waals surface area contributed by atoms with Gasteiger partial charge in [0, 0.05) is 17.3 Å². The van der Waals surface area contributed by atoms with E-state index >= 15 is 0 Å². The van der Waals surface area contributed by atoms with Crippen LogP contribution in [0.5, 0.6) is 5.88 Å².